The zero-order valence-electron chi connectivity index (χ0n) is 3.78. The zero-order valence-corrected chi connectivity index (χ0v) is 8.10. The van der Waals surface area contributed by atoms with E-state index < -0.39 is 0 Å². The average Bonchev–Trinajstić information content (AvgIpc) is 2.19. The second-order valence-corrected chi connectivity index (χ2v) is 9.19. The molecule has 1 heterocycles. The Bertz CT molecular complexity index is 54.8. The van der Waals surface area contributed by atoms with E-state index >= 15 is 0 Å². The average molecular weight is 311 g/mol. The summed E-state index contributed by atoms with van der Waals surface area (Å²) < 4.78 is 3.66. The van der Waals surface area contributed by atoms with Crippen LogP contribution in [0.15, 0.2) is 0 Å². The summed E-state index contributed by atoms with van der Waals surface area (Å²) in [5.41, 5.74) is 0. The molecule has 1 aliphatic rings. The van der Waals surface area contributed by atoms with E-state index in [2.05, 4.69) is 15.1 Å². The molecule has 0 spiro atoms. The van der Waals surface area contributed by atoms with Crippen LogP contribution in [0.3, 0.4) is 0 Å². The Morgan fingerprint density at radius 1 is 1.83 bits per heavy atom. The van der Waals surface area contributed by atoms with Crippen LogP contribution in [0.4, 0.5) is 0 Å². The van der Waals surface area contributed by atoms with Gasteiger partial charge in [0.15, 0.2) is 0 Å². The molecule has 40 valence electrons. The van der Waals surface area contributed by atoms with E-state index in [4.69, 9.17) is 0 Å². The molecule has 1 aliphatic heterocycles. The molecule has 1 nitrogen and oxygen atoms in total. The molecule has 2 atom stereocenters. The fourth-order valence-electron chi connectivity index (χ4n) is 0.273. The molecule has 0 bridgehead atoms. The van der Waals surface area contributed by atoms with Crippen molar-refractivity contribution in [1.29, 1.82) is 0 Å². The van der Waals surface area contributed by atoms with Crippen LogP contribution >= 0.6 is 0 Å². The van der Waals surface area contributed by atoms with Crippen LogP contribution in [-0.4, -0.2) is 17.1 Å². The zero-order chi connectivity index (χ0) is 4.57. The van der Waals surface area contributed by atoms with Crippen molar-refractivity contribution in [3.63, 3.8) is 0 Å². The van der Waals surface area contributed by atoms with Crippen molar-refractivity contribution in [3.8, 4) is 0 Å². The van der Waals surface area contributed by atoms with Gasteiger partial charge in [-0.2, -0.15) is 0 Å². The van der Waals surface area contributed by atoms with E-state index in [0.717, 1.165) is 2.06 Å². The predicted molar refractivity (Wildman–Crippen MR) is 17.5 cm³/mol. The molecule has 0 N–H and O–H groups in total. The van der Waals surface area contributed by atoms with Gasteiger partial charge in [-0.1, -0.05) is 0 Å². The molecule has 0 aromatic rings. The van der Waals surface area contributed by atoms with Crippen molar-refractivity contribution in [1.82, 2.24) is 3.11 Å². The molecule has 6 heavy (non-hydrogen) atoms. The predicted octanol–water partition coefficient (Wildman–Crippen LogP) is -6.06. The van der Waals surface area contributed by atoms with E-state index in [9.17, 15) is 0 Å². The Morgan fingerprint density at radius 2 is 2.33 bits per heavy atom. The van der Waals surface area contributed by atoms with Crippen LogP contribution in [0.1, 0.15) is 0 Å². The van der Waals surface area contributed by atoms with Gasteiger partial charge in [-0.05, 0) is 0 Å². The van der Waals surface area contributed by atoms with E-state index in [0.29, 0.717) is 42.7 Å². The molecular weight excluding hydrogens is 304 g/mol. The van der Waals surface area contributed by atoms with E-state index in [-0.39, 0.29) is 0 Å². The number of hydrogen-bond donors (Lipinski definition) is 0. The van der Waals surface area contributed by atoms with Gasteiger partial charge in [0.05, 0.1) is 0 Å². The third kappa shape index (κ3) is 1.19. The summed E-state index contributed by atoms with van der Waals surface area (Å²) in [6.45, 7) is 0. The van der Waals surface area contributed by atoms with Crippen LogP contribution in [0.2, 0.25) is 0 Å². The van der Waals surface area contributed by atoms with Crippen LogP contribution in [0, 0.1) is 0 Å². The molecule has 1 saturated heterocycles. The summed E-state index contributed by atoms with van der Waals surface area (Å²) in [5.74, 6) is 0. The fraction of sp³-hybridized carbons (Fsp3) is 1.00. The summed E-state index contributed by atoms with van der Waals surface area (Å²) in [4.78, 5) is 2.37. The van der Waals surface area contributed by atoms with Crippen molar-refractivity contribution in [2.75, 3.05) is 12.0 Å². The molecule has 0 saturated carbocycles. The summed E-state index contributed by atoms with van der Waals surface area (Å²) in [6, 6.07) is 0. The summed E-state index contributed by atoms with van der Waals surface area (Å²) >= 11 is 1.19. The molecule has 0 aromatic heterocycles. The summed E-state index contributed by atoms with van der Waals surface area (Å²) in [7, 11) is 2.24. The molecular formula is C3H7I2N-2. The first-order valence-corrected chi connectivity index (χ1v) is 7.30. The monoisotopic (exact) mass is 311 g/mol. The second kappa shape index (κ2) is 2.13. The second-order valence-electron chi connectivity index (χ2n) is 1.12. The van der Waals surface area contributed by atoms with E-state index in [1.54, 1.807) is 0 Å². The van der Waals surface area contributed by atoms with Gasteiger partial charge in [0, 0.05) is 0 Å². The Hall–Kier alpha value is 1.42. The maximum absolute atomic E-state index is 2.51. The molecule has 1 rings (SSSR count). The minimum absolute atomic E-state index is 0.593. The Labute approximate surface area is 59.4 Å². The Balaban J connectivity index is 2.09. The summed E-state index contributed by atoms with van der Waals surface area (Å²) in [5, 5.41) is 0. The Morgan fingerprint density at radius 3 is 2.33 bits per heavy atom. The van der Waals surface area contributed by atoms with Gasteiger partial charge in [0.25, 0.3) is 0 Å². The van der Waals surface area contributed by atoms with Gasteiger partial charge < -0.3 is 0 Å². The quantitative estimate of drug-likeness (QED) is 0.153. The maximum atomic E-state index is 2.51. The third-order valence-corrected chi connectivity index (χ3v) is 10.3. The molecule has 0 aliphatic carbocycles. The van der Waals surface area contributed by atoms with Crippen LogP contribution < -0.4 is 42.7 Å². The van der Waals surface area contributed by atoms with Gasteiger partial charge in [-0.15, -0.1) is 0 Å². The van der Waals surface area contributed by atoms with Crippen molar-refractivity contribution in [2.24, 2.45) is 0 Å². The van der Waals surface area contributed by atoms with Gasteiger partial charge in [-0.25, -0.2) is 0 Å². The molecule has 2 unspecified atom stereocenters. The topological polar surface area (TPSA) is 3.01 Å². The first-order valence-electron chi connectivity index (χ1n) is 1.69. The number of hydrogen-bond acceptors (Lipinski definition) is 1. The normalized spacial score (nSPS) is 45.0. The van der Waals surface area contributed by atoms with Crippen LogP contribution in [0.5, 0.6) is 0 Å². The van der Waals surface area contributed by atoms with E-state index in [1.165, 1.54) is 0 Å². The molecule has 0 radical (unpaired) electrons. The van der Waals surface area contributed by atoms with Crippen molar-refractivity contribution in [3.05, 3.63) is 0 Å². The number of nitrogens with zero attached hydrogens (tertiary/aromatic N) is 1. The molecule has 3 heteroatoms. The SMILES string of the molecule is C[I-]C1[I-]N1C. The van der Waals surface area contributed by atoms with Crippen molar-refractivity contribution < 1.29 is 42.7 Å². The van der Waals surface area contributed by atoms with Gasteiger partial charge in [-0.3, -0.25) is 0 Å². The van der Waals surface area contributed by atoms with Crippen LogP contribution in [0.25, 0.3) is 0 Å². The van der Waals surface area contributed by atoms with Gasteiger partial charge in [0.2, 0.25) is 0 Å². The Kier molecular flexibility index (Phi) is 1.97. The molecule has 0 aromatic carbocycles. The minimum atomic E-state index is 0.593. The van der Waals surface area contributed by atoms with Crippen molar-refractivity contribution in [2.45, 2.75) is 2.06 Å². The summed E-state index contributed by atoms with van der Waals surface area (Å²) in [6.07, 6.45) is 0. The van der Waals surface area contributed by atoms with Crippen molar-refractivity contribution >= 4 is 0 Å². The first kappa shape index (κ1) is 5.55. The number of alkyl halides is 3. The standard InChI is InChI=1S/C3H7I2N/c1-4-3-5-6(3)2/h3H,1-2H3/q-2. The van der Waals surface area contributed by atoms with Gasteiger partial charge in [0.1, 0.15) is 0 Å². The molecule has 0 amide bonds. The first-order chi connectivity index (χ1) is 2.84. The number of rotatable bonds is 1. The van der Waals surface area contributed by atoms with Crippen LogP contribution in [-0.2, 0) is 0 Å². The molecule has 1 fully saturated rings. The van der Waals surface area contributed by atoms with E-state index in [1.807, 2.05) is 0 Å². The third-order valence-electron chi connectivity index (χ3n) is 0.644. The fourth-order valence-corrected chi connectivity index (χ4v) is 6.89. The van der Waals surface area contributed by atoms with Gasteiger partial charge >= 0.3 is 59.8 Å². The number of halogens is 2.